The van der Waals surface area contributed by atoms with Gasteiger partial charge in [0.25, 0.3) is 0 Å². The van der Waals surface area contributed by atoms with E-state index in [-0.39, 0.29) is 5.60 Å². The summed E-state index contributed by atoms with van der Waals surface area (Å²) in [5.41, 5.74) is 3.11. The topological polar surface area (TPSA) is 47.3 Å². The van der Waals surface area contributed by atoms with Crippen LogP contribution in [0.2, 0.25) is 0 Å². The minimum Gasteiger partial charge on any atom is -0.377 e. The monoisotopic (exact) mass is 240 g/mol. The summed E-state index contributed by atoms with van der Waals surface area (Å²) in [6, 6.07) is 0.360. The molecule has 2 fully saturated rings. The lowest BCUT2D eigenvalue weighted by atomic mass is 9.66. The van der Waals surface area contributed by atoms with Crippen LogP contribution in [-0.2, 0) is 4.74 Å². The standard InChI is InChI=1S/C14H28N2O/c1-3-11-5-7-12(8-6-11)13(16-15)14(17-2)9-4-10-14/h11-13,16H,3-10,15H2,1-2H3. The van der Waals surface area contributed by atoms with Crippen molar-refractivity contribution in [2.45, 2.75) is 69.9 Å². The van der Waals surface area contributed by atoms with Gasteiger partial charge >= 0.3 is 0 Å². The maximum atomic E-state index is 5.81. The quantitative estimate of drug-likeness (QED) is 0.573. The fraction of sp³-hybridized carbons (Fsp3) is 1.00. The maximum absolute atomic E-state index is 5.81. The Hall–Kier alpha value is -0.120. The van der Waals surface area contributed by atoms with E-state index in [1.807, 2.05) is 7.11 Å². The second kappa shape index (κ2) is 5.68. The van der Waals surface area contributed by atoms with Gasteiger partial charge in [-0.2, -0.15) is 0 Å². The minimum atomic E-state index is 0.0401. The first-order valence-electron chi connectivity index (χ1n) is 7.27. The van der Waals surface area contributed by atoms with Crippen molar-refractivity contribution in [3.05, 3.63) is 0 Å². The average molecular weight is 240 g/mol. The van der Waals surface area contributed by atoms with Crippen LogP contribution in [0.25, 0.3) is 0 Å². The number of hydrogen-bond acceptors (Lipinski definition) is 3. The minimum absolute atomic E-state index is 0.0401. The number of hydrazine groups is 1. The first-order valence-corrected chi connectivity index (χ1v) is 7.27. The van der Waals surface area contributed by atoms with Crippen LogP contribution in [0.15, 0.2) is 0 Å². The molecule has 0 bridgehead atoms. The predicted octanol–water partition coefficient (Wildman–Crippen LogP) is 2.60. The van der Waals surface area contributed by atoms with Crippen LogP contribution in [0.4, 0.5) is 0 Å². The highest BCUT2D eigenvalue weighted by Crippen LogP contribution is 2.44. The highest BCUT2D eigenvalue weighted by Gasteiger charge is 2.47. The molecule has 0 amide bonds. The summed E-state index contributed by atoms with van der Waals surface area (Å²) in [5.74, 6) is 7.47. The summed E-state index contributed by atoms with van der Waals surface area (Å²) >= 11 is 0. The number of rotatable bonds is 5. The van der Waals surface area contributed by atoms with E-state index in [4.69, 9.17) is 10.6 Å². The third-order valence-corrected chi connectivity index (χ3v) is 5.29. The molecular formula is C14H28N2O. The number of hydrogen-bond donors (Lipinski definition) is 2. The molecule has 2 rings (SSSR count). The zero-order valence-corrected chi connectivity index (χ0v) is 11.4. The van der Waals surface area contributed by atoms with E-state index in [1.54, 1.807) is 0 Å². The number of methoxy groups -OCH3 is 1. The van der Waals surface area contributed by atoms with E-state index in [0.29, 0.717) is 12.0 Å². The van der Waals surface area contributed by atoms with Crippen molar-refractivity contribution in [3.63, 3.8) is 0 Å². The third kappa shape index (κ3) is 2.51. The Morgan fingerprint density at radius 2 is 1.94 bits per heavy atom. The van der Waals surface area contributed by atoms with Gasteiger partial charge in [0.05, 0.1) is 11.6 Å². The van der Waals surface area contributed by atoms with Gasteiger partial charge in [-0.05, 0) is 43.9 Å². The zero-order valence-electron chi connectivity index (χ0n) is 11.4. The van der Waals surface area contributed by atoms with E-state index in [9.17, 15) is 0 Å². The van der Waals surface area contributed by atoms with Gasteiger partial charge in [0.1, 0.15) is 0 Å². The van der Waals surface area contributed by atoms with Crippen LogP contribution < -0.4 is 11.3 Å². The maximum Gasteiger partial charge on any atom is 0.0847 e. The van der Waals surface area contributed by atoms with Crippen molar-refractivity contribution in [2.24, 2.45) is 17.7 Å². The fourth-order valence-electron chi connectivity index (χ4n) is 3.81. The molecule has 0 aromatic carbocycles. The van der Waals surface area contributed by atoms with Gasteiger partial charge in [-0.3, -0.25) is 11.3 Å². The van der Waals surface area contributed by atoms with Gasteiger partial charge in [0.15, 0.2) is 0 Å². The van der Waals surface area contributed by atoms with Gasteiger partial charge in [0.2, 0.25) is 0 Å². The van der Waals surface area contributed by atoms with Crippen molar-refractivity contribution in [1.29, 1.82) is 0 Å². The van der Waals surface area contributed by atoms with Crippen molar-refractivity contribution < 1.29 is 4.74 Å². The molecule has 3 nitrogen and oxygen atoms in total. The Kier molecular flexibility index (Phi) is 4.45. The molecule has 0 spiro atoms. The van der Waals surface area contributed by atoms with Gasteiger partial charge in [0, 0.05) is 7.11 Å². The summed E-state index contributed by atoms with van der Waals surface area (Å²) in [7, 11) is 1.85. The van der Waals surface area contributed by atoms with Crippen molar-refractivity contribution in [2.75, 3.05) is 7.11 Å². The zero-order chi connectivity index (χ0) is 12.3. The third-order valence-electron chi connectivity index (χ3n) is 5.29. The fourth-order valence-corrected chi connectivity index (χ4v) is 3.81. The summed E-state index contributed by atoms with van der Waals surface area (Å²) in [5, 5.41) is 0. The molecule has 0 heterocycles. The van der Waals surface area contributed by atoms with Crippen molar-refractivity contribution >= 4 is 0 Å². The molecule has 100 valence electrons. The predicted molar refractivity (Wildman–Crippen MR) is 70.4 cm³/mol. The molecule has 0 radical (unpaired) electrons. The Labute approximate surface area is 105 Å². The lowest BCUT2D eigenvalue weighted by Crippen LogP contribution is -2.61. The number of ether oxygens (including phenoxy) is 1. The van der Waals surface area contributed by atoms with E-state index in [0.717, 1.165) is 5.92 Å². The smallest absolute Gasteiger partial charge is 0.0847 e. The molecule has 3 heteroatoms. The second-order valence-corrected chi connectivity index (χ2v) is 5.96. The lowest BCUT2D eigenvalue weighted by molar-refractivity contribution is -0.115. The molecule has 2 aliphatic carbocycles. The molecule has 2 aliphatic rings. The normalized spacial score (nSPS) is 34.1. The summed E-state index contributed by atoms with van der Waals surface area (Å²) in [4.78, 5) is 0. The van der Waals surface area contributed by atoms with E-state index >= 15 is 0 Å². The van der Waals surface area contributed by atoms with Gasteiger partial charge in [-0.25, -0.2) is 0 Å². The number of nitrogens with one attached hydrogen (secondary N) is 1. The Morgan fingerprint density at radius 3 is 2.29 bits per heavy atom. The molecule has 17 heavy (non-hydrogen) atoms. The van der Waals surface area contributed by atoms with Crippen LogP contribution in [0, 0.1) is 11.8 Å². The number of nitrogens with two attached hydrogens (primary N) is 1. The highest BCUT2D eigenvalue weighted by molar-refractivity contribution is 5.02. The summed E-state index contributed by atoms with van der Waals surface area (Å²) in [6.07, 6.45) is 10.4. The van der Waals surface area contributed by atoms with Gasteiger partial charge < -0.3 is 4.74 Å². The Morgan fingerprint density at radius 1 is 1.29 bits per heavy atom. The summed E-state index contributed by atoms with van der Waals surface area (Å²) in [6.45, 7) is 2.31. The average Bonchev–Trinajstić information content (AvgIpc) is 2.34. The SMILES string of the molecule is CCC1CCC(C(NN)C2(OC)CCC2)CC1. The van der Waals surface area contributed by atoms with E-state index in [2.05, 4.69) is 12.3 Å². The molecule has 0 aliphatic heterocycles. The van der Waals surface area contributed by atoms with E-state index in [1.165, 1.54) is 51.4 Å². The van der Waals surface area contributed by atoms with Crippen LogP contribution in [0.5, 0.6) is 0 Å². The largest absolute Gasteiger partial charge is 0.377 e. The van der Waals surface area contributed by atoms with Crippen LogP contribution in [0.3, 0.4) is 0 Å². The first kappa shape index (κ1) is 13.3. The molecule has 3 N–H and O–H groups in total. The molecule has 2 saturated carbocycles. The first-order chi connectivity index (χ1) is 8.25. The molecule has 1 atom stereocenters. The van der Waals surface area contributed by atoms with Gasteiger partial charge in [-0.1, -0.05) is 26.2 Å². The van der Waals surface area contributed by atoms with Crippen LogP contribution in [0.1, 0.15) is 58.3 Å². The highest BCUT2D eigenvalue weighted by atomic mass is 16.5. The molecule has 0 aromatic rings. The van der Waals surface area contributed by atoms with Crippen molar-refractivity contribution in [1.82, 2.24) is 5.43 Å². The Balaban J connectivity index is 1.95. The summed E-state index contributed by atoms with van der Waals surface area (Å²) < 4.78 is 5.79. The van der Waals surface area contributed by atoms with E-state index < -0.39 is 0 Å². The van der Waals surface area contributed by atoms with Crippen LogP contribution >= 0.6 is 0 Å². The Bertz CT molecular complexity index is 227. The van der Waals surface area contributed by atoms with Crippen LogP contribution in [-0.4, -0.2) is 18.8 Å². The van der Waals surface area contributed by atoms with Gasteiger partial charge in [-0.15, -0.1) is 0 Å². The lowest BCUT2D eigenvalue weighted by Gasteiger charge is -2.50. The molecule has 0 aromatic heterocycles. The molecular weight excluding hydrogens is 212 g/mol. The molecule has 0 saturated heterocycles. The second-order valence-electron chi connectivity index (χ2n) is 5.96. The molecule has 1 unspecified atom stereocenters. The van der Waals surface area contributed by atoms with Crippen molar-refractivity contribution in [3.8, 4) is 0 Å².